The number of pyridine rings is 1. The zero-order chi connectivity index (χ0) is 14.4. The van der Waals surface area contributed by atoms with Crippen molar-refractivity contribution >= 4 is 17.7 Å². The average molecular weight is 262 g/mol. The van der Waals surface area contributed by atoms with Crippen molar-refractivity contribution in [2.24, 2.45) is 0 Å². The number of aromatic nitrogens is 1. The van der Waals surface area contributed by atoms with E-state index in [0.29, 0.717) is 5.69 Å². The number of carboxylic acid groups (broad SMARTS) is 1. The molecule has 0 bridgehead atoms. The molecule has 2 amide bonds. The van der Waals surface area contributed by atoms with Gasteiger partial charge in [0.25, 0.3) is 0 Å². The summed E-state index contributed by atoms with van der Waals surface area (Å²) in [7, 11) is 1.56. The first kappa shape index (κ1) is 14.4. The summed E-state index contributed by atoms with van der Waals surface area (Å²) >= 11 is 0. The van der Waals surface area contributed by atoms with Gasteiger partial charge in [0.1, 0.15) is 0 Å². The van der Waals surface area contributed by atoms with E-state index < -0.39 is 12.0 Å². The zero-order valence-corrected chi connectivity index (χ0v) is 10.6. The molecule has 0 aromatic carbocycles. The molecule has 0 aliphatic rings. The van der Waals surface area contributed by atoms with E-state index in [4.69, 9.17) is 10.4 Å². The Hall–Kier alpha value is -2.62. The monoisotopic (exact) mass is 262 g/mol. The lowest BCUT2D eigenvalue weighted by atomic mass is 10.2. The molecule has 0 saturated carbocycles. The van der Waals surface area contributed by atoms with E-state index in [1.54, 1.807) is 14.0 Å². The van der Waals surface area contributed by atoms with E-state index in [1.807, 2.05) is 6.07 Å². The Morgan fingerprint density at radius 2 is 2.26 bits per heavy atom. The van der Waals surface area contributed by atoms with Crippen molar-refractivity contribution in [2.45, 2.75) is 19.4 Å². The number of hydrogen-bond acceptors (Lipinski definition) is 4. The van der Waals surface area contributed by atoms with Crippen LogP contribution < -0.4 is 5.32 Å². The highest BCUT2D eigenvalue weighted by atomic mass is 16.4. The second-order valence-electron chi connectivity index (χ2n) is 4.02. The number of carbonyl (C=O) groups excluding carboxylic acids is 1. The standard InChI is InChI=1S/C12H14N4O3/c1-8(3-4-13)16(2)12(19)15-10-5-9(11(17)18)6-14-7-10/h5-8H,3H2,1-2H3,(H,15,19)(H,17,18). The number of carbonyl (C=O) groups is 2. The maximum atomic E-state index is 11.8. The van der Waals surface area contributed by atoms with Gasteiger partial charge in [0.05, 0.1) is 29.9 Å². The third kappa shape index (κ3) is 3.96. The molecule has 1 atom stereocenters. The van der Waals surface area contributed by atoms with Crippen molar-refractivity contribution in [1.29, 1.82) is 5.26 Å². The minimum atomic E-state index is -1.12. The van der Waals surface area contributed by atoms with Crippen LogP contribution >= 0.6 is 0 Å². The van der Waals surface area contributed by atoms with E-state index >= 15 is 0 Å². The van der Waals surface area contributed by atoms with E-state index in [2.05, 4.69) is 10.3 Å². The number of nitrogens with zero attached hydrogens (tertiary/aromatic N) is 3. The Balaban J connectivity index is 2.74. The maximum absolute atomic E-state index is 11.8. The van der Waals surface area contributed by atoms with Crippen LogP contribution in [-0.4, -0.2) is 40.1 Å². The number of aromatic carboxylic acids is 1. The topological polar surface area (TPSA) is 106 Å². The van der Waals surface area contributed by atoms with E-state index in [1.165, 1.54) is 23.4 Å². The Morgan fingerprint density at radius 3 is 2.84 bits per heavy atom. The van der Waals surface area contributed by atoms with Crippen molar-refractivity contribution in [3.05, 3.63) is 24.0 Å². The fourth-order valence-electron chi connectivity index (χ4n) is 1.31. The lowest BCUT2D eigenvalue weighted by Gasteiger charge is -2.23. The first-order valence-electron chi connectivity index (χ1n) is 5.54. The van der Waals surface area contributed by atoms with Crippen LogP contribution in [0.3, 0.4) is 0 Å². The van der Waals surface area contributed by atoms with Crippen LogP contribution in [0.1, 0.15) is 23.7 Å². The van der Waals surface area contributed by atoms with Gasteiger partial charge in [-0.2, -0.15) is 5.26 Å². The minimum Gasteiger partial charge on any atom is -0.478 e. The predicted octanol–water partition coefficient (Wildman–Crippen LogP) is 1.55. The largest absolute Gasteiger partial charge is 0.478 e. The van der Waals surface area contributed by atoms with Crippen molar-refractivity contribution in [1.82, 2.24) is 9.88 Å². The second kappa shape index (κ2) is 6.35. The number of urea groups is 1. The SMILES string of the molecule is CC(CC#N)N(C)C(=O)Nc1cncc(C(=O)O)c1. The van der Waals surface area contributed by atoms with Gasteiger partial charge in [-0.1, -0.05) is 0 Å². The molecule has 0 saturated heterocycles. The van der Waals surface area contributed by atoms with Gasteiger partial charge < -0.3 is 15.3 Å². The van der Waals surface area contributed by atoms with Gasteiger partial charge in [-0.15, -0.1) is 0 Å². The van der Waals surface area contributed by atoms with Gasteiger partial charge in [0.2, 0.25) is 0 Å². The summed E-state index contributed by atoms with van der Waals surface area (Å²) in [4.78, 5) is 27.7. The molecule has 1 rings (SSSR count). The Labute approximate surface area is 110 Å². The highest BCUT2D eigenvalue weighted by Gasteiger charge is 2.16. The van der Waals surface area contributed by atoms with Crippen LogP contribution in [0.2, 0.25) is 0 Å². The van der Waals surface area contributed by atoms with Gasteiger partial charge in [-0.25, -0.2) is 9.59 Å². The number of carboxylic acids is 1. The van der Waals surface area contributed by atoms with Crippen molar-refractivity contribution in [3.8, 4) is 6.07 Å². The maximum Gasteiger partial charge on any atom is 0.337 e. The molecule has 7 heteroatoms. The lowest BCUT2D eigenvalue weighted by molar-refractivity contribution is 0.0696. The van der Waals surface area contributed by atoms with Crippen LogP contribution in [0, 0.1) is 11.3 Å². The van der Waals surface area contributed by atoms with E-state index in [0.717, 1.165) is 0 Å². The molecule has 1 aromatic rings. The zero-order valence-electron chi connectivity index (χ0n) is 10.6. The predicted molar refractivity (Wildman–Crippen MR) is 67.7 cm³/mol. The average Bonchev–Trinajstić information content (AvgIpc) is 2.38. The van der Waals surface area contributed by atoms with Crippen molar-refractivity contribution in [3.63, 3.8) is 0 Å². The van der Waals surface area contributed by atoms with E-state index in [9.17, 15) is 9.59 Å². The van der Waals surface area contributed by atoms with Gasteiger partial charge in [-0.05, 0) is 13.0 Å². The Morgan fingerprint density at radius 1 is 1.58 bits per heavy atom. The first-order chi connectivity index (χ1) is 8.95. The molecule has 0 aliphatic heterocycles. The minimum absolute atomic E-state index is 0.00877. The fraction of sp³-hybridized carbons (Fsp3) is 0.333. The normalized spacial score (nSPS) is 11.2. The summed E-state index contributed by atoms with van der Waals surface area (Å²) in [5.41, 5.74) is 0.284. The summed E-state index contributed by atoms with van der Waals surface area (Å²) in [5.74, 6) is -1.12. The molecule has 0 spiro atoms. The van der Waals surface area contributed by atoms with Crippen LogP contribution in [-0.2, 0) is 0 Å². The molecule has 0 aliphatic carbocycles. The van der Waals surface area contributed by atoms with Crippen LogP contribution in [0.5, 0.6) is 0 Å². The molecule has 1 heterocycles. The van der Waals surface area contributed by atoms with Crippen molar-refractivity contribution in [2.75, 3.05) is 12.4 Å². The summed E-state index contributed by atoms with van der Waals surface area (Å²) in [6, 6.07) is 2.64. The Kier molecular flexibility index (Phi) is 4.83. The third-order valence-electron chi connectivity index (χ3n) is 2.60. The number of nitrogens with one attached hydrogen (secondary N) is 1. The summed E-state index contributed by atoms with van der Waals surface area (Å²) < 4.78 is 0. The highest BCUT2D eigenvalue weighted by molar-refractivity contribution is 5.92. The molecule has 1 aromatic heterocycles. The van der Waals surface area contributed by atoms with Crippen LogP contribution in [0.4, 0.5) is 10.5 Å². The van der Waals surface area contributed by atoms with Crippen molar-refractivity contribution < 1.29 is 14.7 Å². The molecule has 19 heavy (non-hydrogen) atoms. The van der Waals surface area contributed by atoms with Crippen LogP contribution in [0.15, 0.2) is 18.5 Å². The smallest absolute Gasteiger partial charge is 0.337 e. The molecule has 0 fully saturated rings. The van der Waals surface area contributed by atoms with Gasteiger partial charge in [0.15, 0.2) is 0 Å². The third-order valence-corrected chi connectivity index (χ3v) is 2.60. The van der Waals surface area contributed by atoms with Crippen LogP contribution in [0.25, 0.3) is 0 Å². The number of amides is 2. The molecule has 7 nitrogen and oxygen atoms in total. The molecule has 0 radical (unpaired) electrons. The summed E-state index contributed by atoms with van der Waals surface area (Å²) in [6.45, 7) is 1.74. The first-order valence-corrected chi connectivity index (χ1v) is 5.54. The number of rotatable bonds is 4. The van der Waals surface area contributed by atoms with E-state index in [-0.39, 0.29) is 18.0 Å². The number of anilines is 1. The van der Waals surface area contributed by atoms with Gasteiger partial charge >= 0.3 is 12.0 Å². The van der Waals surface area contributed by atoms with Gasteiger partial charge in [0, 0.05) is 19.3 Å². The summed E-state index contributed by atoms with van der Waals surface area (Å²) in [5, 5.41) is 19.9. The summed E-state index contributed by atoms with van der Waals surface area (Å²) in [6.07, 6.45) is 2.77. The molecule has 1 unspecified atom stereocenters. The number of nitriles is 1. The molecular weight excluding hydrogens is 248 g/mol. The highest BCUT2D eigenvalue weighted by Crippen LogP contribution is 2.10. The molecule has 100 valence electrons. The van der Waals surface area contributed by atoms with Gasteiger partial charge in [-0.3, -0.25) is 4.98 Å². The lowest BCUT2D eigenvalue weighted by Crippen LogP contribution is -2.38. The molecular formula is C12H14N4O3. The molecule has 2 N–H and O–H groups in total. The fourth-order valence-corrected chi connectivity index (χ4v) is 1.31. The number of hydrogen-bond donors (Lipinski definition) is 2. The Bertz CT molecular complexity index is 524. The quantitative estimate of drug-likeness (QED) is 0.856. The second-order valence-corrected chi connectivity index (χ2v) is 4.02.